The van der Waals surface area contributed by atoms with Crippen LogP contribution in [-0.2, 0) is 4.52 Å². The third-order valence-electron chi connectivity index (χ3n) is 0.670. The van der Waals surface area contributed by atoms with E-state index in [4.69, 9.17) is 14.5 Å². The lowest BCUT2D eigenvalue weighted by Crippen LogP contribution is -1.99. The van der Waals surface area contributed by atoms with Crippen LogP contribution in [0.5, 0.6) is 0 Å². The first-order chi connectivity index (χ1) is 3.62. The van der Waals surface area contributed by atoms with Crippen molar-refractivity contribution < 1.29 is 14.5 Å². The summed E-state index contributed by atoms with van der Waals surface area (Å²) >= 11 is 0. The van der Waals surface area contributed by atoms with Crippen LogP contribution < -0.4 is 0 Å². The van der Waals surface area contributed by atoms with Gasteiger partial charge in [0.1, 0.15) is 6.66 Å². The van der Waals surface area contributed by atoms with Crippen molar-refractivity contribution in [3.63, 3.8) is 0 Å². The van der Waals surface area contributed by atoms with E-state index in [1.807, 2.05) is 0 Å². The predicted molar refractivity (Wildman–Crippen MR) is 33.8 cm³/mol. The van der Waals surface area contributed by atoms with Gasteiger partial charge in [0.25, 0.3) is 7.72 Å². The molecule has 3 nitrogen and oxygen atoms in total. The van der Waals surface area contributed by atoms with Crippen molar-refractivity contribution in [2.24, 2.45) is 0 Å². The van der Waals surface area contributed by atoms with Crippen molar-refractivity contribution in [2.45, 2.75) is 6.92 Å². The van der Waals surface area contributed by atoms with Crippen LogP contribution >= 0.6 is 7.72 Å². The number of hydrogen-bond donors (Lipinski definition) is 2. The first-order valence-electron chi connectivity index (χ1n) is 2.46. The Kier molecular flexibility index (Phi) is 3.49. The van der Waals surface area contributed by atoms with Gasteiger partial charge in [-0.3, -0.25) is 0 Å². The van der Waals surface area contributed by atoms with Gasteiger partial charge in [0.2, 0.25) is 6.35 Å². The molecule has 0 aromatic rings. The van der Waals surface area contributed by atoms with Gasteiger partial charge in [0.15, 0.2) is 0 Å². The lowest BCUT2D eigenvalue weighted by Gasteiger charge is -2.07. The van der Waals surface area contributed by atoms with E-state index in [0.29, 0.717) is 6.61 Å². The van der Waals surface area contributed by atoms with Gasteiger partial charge < -0.3 is 5.11 Å². The van der Waals surface area contributed by atoms with Crippen LogP contribution in [0.2, 0.25) is 0 Å². The van der Waals surface area contributed by atoms with Gasteiger partial charge >= 0.3 is 0 Å². The molecule has 0 rings (SSSR count). The van der Waals surface area contributed by atoms with Crippen molar-refractivity contribution in [2.75, 3.05) is 19.6 Å². The van der Waals surface area contributed by atoms with Gasteiger partial charge in [-0.15, -0.1) is 0 Å². The third kappa shape index (κ3) is 3.33. The second-order valence-electron chi connectivity index (χ2n) is 1.61. The number of aliphatic hydroxyl groups is 1. The van der Waals surface area contributed by atoms with Gasteiger partial charge in [-0.25, -0.2) is 9.42 Å². The van der Waals surface area contributed by atoms with Gasteiger partial charge in [0, 0.05) is 0 Å². The van der Waals surface area contributed by atoms with E-state index < -0.39 is 7.72 Å². The summed E-state index contributed by atoms with van der Waals surface area (Å²) in [4.78, 5) is 8.96. The first-order valence-corrected chi connectivity index (χ1v) is 4.75. The molecule has 2 N–H and O–H groups in total. The maximum absolute atomic E-state index is 8.96. The molecule has 0 aromatic carbocycles. The second-order valence-corrected chi connectivity index (χ2v) is 4.25. The van der Waals surface area contributed by atoms with E-state index in [0.717, 1.165) is 0 Å². The maximum Gasteiger partial charge on any atom is 0.293 e. The molecular weight excluding hydrogens is 127 g/mol. The molecule has 0 aliphatic rings. The van der Waals surface area contributed by atoms with Gasteiger partial charge in [-0.1, -0.05) is 0 Å². The van der Waals surface area contributed by atoms with Crippen molar-refractivity contribution in [3.8, 4) is 0 Å². The summed E-state index contributed by atoms with van der Waals surface area (Å²) in [7, 11) is -2.37. The van der Waals surface area contributed by atoms with Crippen molar-refractivity contribution in [1.29, 1.82) is 0 Å². The summed E-state index contributed by atoms with van der Waals surface area (Å²) in [5, 5.41) is 8.40. The Labute approximate surface area is 49.8 Å². The van der Waals surface area contributed by atoms with Crippen LogP contribution in [0.3, 0.4) is 0 Å². The van der Waals surface area contributed by atoms with Gasteiger partial charge in [0.05, 0.1) is 6.61 Å². The van der Waals surface area contributed by atoms with Crippen LogP contribution in [0.15, 0.2) is 0 Å². The Balaban J connectivity index is 3.37. The number of rotatable bonds is 3. The molecule has 0 saturated carbocycles. The van der Waals surface area contributed by atoms with Crippen molar-refractivity contribution in [1.82, 2.24) is 0 Å². The minimum atomic E-state index is -2.37. The monoisotopic (exact) mass is 139 g/mol. The fourth-order valence-corrected chi connectivity index (χ4v) is 0.957. The molecular formula is C4H12O3P+. The minimum absolute atomic E-state index is 0.249. The van der Waals surface area contributed by atoms with Gasteiger partial charge in [-0.2, -0.15) is 0 Å². The van der Waals surface area contributed by atoms with Crippen LogP contribution in [-0.4, -0.2) is 29.6 Å². The Hall–Kier alpha value is 0.310. The lowest BCUT2D eigenvalue weighted by molar-refractivity contribution is 0.266. The summed E-state index contributed by atoms with van der Waals surface area (Å²) in [5.74, 6) is 0. The topological polar surface area (TPSA) is 49.7 Å². The average molecular weight is 139 g/mol. The van der Waals surface area contributed by atoms with Crippen molar-refractivity contribution in [3.05, 3.63) is 0 Å². The van der Waals surface area contributed by atoms with Crippen LogP contribution in [0.4, 0.5) is 0 Å². The van der Waals surface area contributed by atoms with E-state index in [2.05, 4.69) is 0 Å². The Morgan fingerprint density at radius 2 is 2.12 bits per heavy atom. The van der Waals surface area contributed by atoms with Crippen LogP contribution in [0, 0.1) is 0 Å². The van der Waals surface area contributed by atoms with E-state index >= 15 is 0 Å². The van der Waals surface area contributed by atoms with Crippen LogP contribution in [0.1, 0.15) is 6.92 Å². The van der Waals surface area contributed by atoms with Gasteiger partial charge in [-0.05, 0) is 6.92 Å². The molecule has 0 aliphatic heterocycles. The molecule has 0 heterocycles. The maximum atomic E-state index is 8.96. The largest absolute Gasteiger partial charge is 0.357 e. The third-order valence-corrected chi connectivity index (χ3v) is 2.01. The minimum Gasteiger partial charge on any atom is -0.357 e. The van der Waals surface area contributed by atoms with E-state index in [9.17, 15) is 0 Å². The second kappa shape index (κ2) is 3.36. The summed E-state index contributed by atoms with van der Waals surface area (Å²) in [6.45, 7) is 3.77. The van der Waals surface area contributed by atoms with Crippen LogP contribution in [0.25, 0.3) is 0 Å². The zero-order chi connectivity index (χ0) is 6.62. The zero-order valence-electron chi connectivity index (χ0n) is 5.16. The zero-order valence-corrected chi connectivity index (χ0v) is 6.06. The molecule has 1 atom stereocenters. The highest BCUT2D eigenvalue weighted by molar-refractivity contribution is 7.64. The summed E-state index contributed by atoms with van der Waals surface area (Å²) < 4.78 is 4.80. The quantitative estimate of drug-likeness (QED) is 0.558. The normalized spacial score (nSPS) is 18.0. The standard InChI is InChI=1S/C4H12O3P/c1-3-7-8(2,6)4-5/h5-6H,3-4H2,1-2H3/q+1. The summed E-state index contributed by atoms with van der Waals surface area (Å²) in [6.07, 6.45) is -0.249. The van der Waals surface area contributed by atoms with E-state index in [1.165, 1.54) is 6.66 Å². The molecule has 0 saturated heterocycles. The fourth-order valence-electron chi connectivity index (χ4n) is 0.319. The molecule has 0 fully saturated rings. The number of aliphatic hydroxyl groups excluding tert-OH is 1. The molecule has 0 bridgehead atoms. The fraction of sp³-hybridized carbons (Fsp3) is 1.00. The molecule has 4 heteroatoms. The van der Waals surface area contributed by atoms with Crippen molar-refractivity contribution >= 4 is 7.72 Å². The SMILES string of the molecule is CCO[P+](C)(O)CO. The number of hydrogen-bond acceptors (Lipinski definition) is 3. The molecule has 1 unspecified atom stereocenters. The van der Waals surface area contributed by atoms with E-state index in [1.54, 1.807) is 6.92 Å². The Morgan fingerprint density at radius 1 is 1.62 bits per heavy atom. The summed E-state index contributed by atoms with van der Waals surface area (Å²) in [6, 6.07) is 0. The molecule has 0 aliphatic carbocycles. The highest BCUT2D eigenvalue weighted by atomic mass is 31.2. The molecule has 0 aromatic heterocycles. The molecule has 50 valence electrons. The summed E-state index contributed by atoms with van der Waals surface area (Å²) in [5.41, 5.74) is 0. The van der Waals surface area contributed by atoms with E-state index in [-0.39, 0.29) is 6.35 Å². The molecule has 0 amide bonds. The lowest BCUT2D eigenvalue weighted by atomic mass is 10.9. The predicted octanol–water partition coefficient (Wildman–Crippen LogP) is 0.442. The highest BCUT2D eigenvalue weighted by Crippen LogP contribution is 2.49. The highest BCUT2D eigenvalue weighted by Gasteiger charge is 2.28. The Bertz CT molecular complexity index is 64.3. The smallest absolute Gasteiger partial charge is 0.293 e. The molecule has 0 radical (unpaired) electrons. The average Bonchev–Trinajstić information content (AvgIpc) is 1.67. The Morgan fingerprint density at radius 3 is 2.25 bits per heavy atom. The molecule has 8 heavy (non-hydrogen) atoms. The first kappa shape index (κ1) is 8.31. The molecule has 0 spiro atoms.